The van der Waals surface area contributed by atoms with Gasteiger partial charge < -0.3 is 10.0 Å². The Bertz CT molecular complexity index is 1390. The Morgan fingerprint density at radius 3 is 2.60 bits per heavy atom. The lowest BCUT2D eigenvalue weighted by Gasteiger charge is -2.46. The van der Waals surface area contributed by atoms with Gasteiger partial charge >= 0.3 is 6.18 Å². The molecule has 1 aromatic heterocycles. The standard InChI is InChI=1S/C24H19BrF3N3O3S/c1-13(24(26,27)28)29-12-31(30-9-8-18(32)22(33)21(30)23(29)34)20-16-7-6-15(25)10-14(16)11-35-19-5-3-2-4-17(19)20/h2-10,13,20,33H,11-12H2,1H3/t13-,20+/m1/s1. The number of aromatic hydroxyl groups is 1. The molecule has 11 heteroatoms. The van der Waals surface area contributed by atoms with E-state index in [1.165, 1.54) is 10.9 Å². The number of benzene rings is 2. The second-order valence-electron chi connectivity index (χ2n) is 8.37. The summed E-state index contributed by atoms with van der Waals surface area (Å²) in [5, 5.41) is 12.1. The molecule has 3 heterocycles. The summed E-state index contributed by atoms with van der Waals surface area (Å²) < 4.78 is 43.5. The molecule has 0 aliphatic carbocycles. The van der Waals surface area contributed by atoms with Crippen LogP contribution in [0.15, 0.2) is 68.9 Å². The second-order valence-corrected chi connectivity index (χ2v) is 10.3. The van der Waals surface area contributed by atoms with E-state index in [1.54, 1.807) is 16.8 Å². The third kappa shape index (κ3) is 4.00. The van der Waals surface area contributed by atoms with Crippen molar-refractivity contribution in [3.05, 3.63) is 91.8 Å². The van der Waals surface area contributed by atoms with Gasteiger partial charge in [-0.1, -0.05) is 40.2 Å². The maximum Gasteiger partial charge on any atom is 0.408 e. The summed E-state index contributed by atoms with van der Waals surface area (Å²) in [5.74, 6) is -1.30. The molecule has 2 aliphatic rings. The number of carbonyl (C=O) groups excluding carboxylic acids is 1. The predicted octanol–water partition coefficient (Wildman–Crippen LogP) is 5.01. The first-order valence-corrected chi connectivity index (χ1v) is 12.4. The maximum atomic E-state index is 13.8. The van der Waals surface area contributed by atoms with Crippen LogP contribution in [0.3, 0.4) is 0 Å². The molecule has 2 aromatic carbocycles. The zero-order chi connectivity index (χ0) is 25.1. The van der Waals surface area contributed by atoms with Gasteiger partial charge in [0, 0.05) is 27.4 Å². The van der Waals surface area contributed by atoms with Gasteiger partial charge in [0.1, 0.15) is 12.7 Å². The van der Waals surface area contributed by atoms with E-state index >= 15 is 0 Å². The quantitative estimate of drug-likeness (QED) is 0.473. The lowest BCUT2D eigenvalue weighted by atomic mass is 9.94. The van der Waals surface area contributed by atoms with Gasteiger partial charge in [-0.25, -0.2) is 0 Å². The average Bonchev–Trinajstić information content (AvgIpc) is 2.97. The molecule has 182 valence electrons. The topological polar surface area (TPSA) is 65.8 Å². The number of amides is 1. The molecule has 0 unspecified atom stereocenters. The molecule has 5 rings (SSSR count). The predicted molar refractivity (Wildman–Crippen MR) is 129 cm³/mol. The number of thioether (sulfide) groups is 1. The first kappa shape index (κ1) is 23.8. The van der Waals surface area contributed by atoms with Gasteiger partial charge in [-0.2, -0.15) is 13.2 Å². The minimum atomic E-state index is -4.70. The summed E-state index contributed by atoms with van der Waals surface area (Å²) >= 11 is 5.11. The zero-order valence-electron chi connectivity index (χ0n) is 18.3. The van der Waals surface area contributed by atoms with Crippen molar-refractivity contribution in [2.24, 2.45) is 0 Å². The van der Waals surface area contributed by atoms with Crippen molar-refractivity contribution >= 4 is 33.6 Å². The molecule has 3 aromatic rings. The van der Waals surface area contributed by atoms with E-state index in [1.807, 2.05) is 42.5 Å². The van der Waals surface area contributed by atoms with Crippen molar-refractivity contribution in [2.75, 3.05) is 11.7 Å². The van der Waals surface area contributed by atoms with Crippen LogP contribution in [0, 0.1) is 0 Å². The molecule has 0 saturated heterocycles. The maximum absolute atomic E-state index is 13.8. The number of pyridine rings is 1. The van der Waals surface area contributed by atoms with Crippen molar-refractivity contribution < 1.29 is 23.1 Å². The van der Waals surface area contributed by atoms with E-state index in [9.17, 15) is 27.9 Å². The number of carbonyl (C=O) groups is 1. The Hall–Kier alpha value is -2.92. The van der Waals surface area contributed by atoms with Gasteiger partial charge in [0.15, 0.2) is 11.4 Å². The summed E-state index contributed by atoms with van der Waals surface area (Å²) in [6.07, 6.45) is -3.38. The highest BCUT2D eigenvalue weighted by Crippen LogP contribution is 2.44. The van der Waals surface area contributed by atoms with Crippen LogP contribution in [-0.4, -0.2) is 39.5 Å². The molecule has 1 N–H and O–H groups in total. The number of halogens is 4. The highest BCUT2D eigenvalue weighted by atomic mass is 79.9. The van der Waals surface area contributed by atoms with E-state index in [0.717, 1.165) is 39.0 Å². The number of hydrogen-bond acceptors (Lipinski definition) is 5. The average molecular weight is 566 g/mol. The van der Waals surface area contributed by atoms with Crippen molar-refractivity contribution in [1.29, 1.82) is 0 Å². The van der Waals surface area contributed by atoms with Crippen molar-refractivity contribution in [2.45, 2.75) is 35.8 Å². The fraction of sp³-hybridized carbons (Fsp3) is 0.250. The fourth-order valence-corrected chi connectivity index (χ4v) is 5.97. The van der Waals surface area contributed by atoms with E-state index < -0.39 is 47.7 Å². The van der Waals surface area contributed by atoms with Gasteiger partial charge in [-0.05, 0) is 41.8 Å². The molecular weight excluding hydrogens is 547 g/mol. The van der Waals surface area contributed by atoms with Crippen molar-refractivity contribution in [1.82, 2.24) is 9.58 Å². The Morgan fingerprint density at radius 1 is 1.11 bits per heavy atom. The van der Waals surface area contributed by atoms with Crippen LogP contribution in [0.2, 0.25) is 0 Å². The van der Waals surface area contributed by atoms with Crippen LogP contribution < -0.4 is 10.4 Å². The highest BCUT2D eigenvalue weighted by Gasteiger charge is 2.47. The molecule has 6 nitrogen and oxygen atoms in total. The smallest absolute Gasteiger partial charge is 0.408 e. The lowest BCUT2D eigenvalue weighted by Crippen LogP contribution is -2.60. The largest absolute Gasteiger partial charge is 0.502 e. The van der Waals surface area contributed by atoms with E-state index in [2.05, 4.69) is 15.9 Å². The summed E-state index contributed by atoms with van der Waals surface area (Å²) in [4.78, 5) is 27.0. The summed E-state index contributed by atoms with van der Waals surface area (Å²) in [7, 11) is 0. The van der Waals surface area contributed by atoms with Gasteiger partial charge in [0.2, 0.25) is 5.43 Å². The van der Waals surface area contributed by atoms with Gasteiger partial charge in [-0.3, -0.25) is 19.3 Å². The number of fused-ring (bicyclic) bond motifs is 3. The fourth-order valence-electron chi connectivity index (χ4n) is 4.48. The Labute approximate surface area is 211 Å². The summed E-state index contributed by atoms with van der Waals surface area (Å²) in [6.45, 7) is 0.486. The SMILES string of the molecule is C[C@@H](N1CN([C@H]2c3ccc(Br)cc3CSc3ccccc32)n2ccc(=O)c(O)c2C1=O)C(F)(F)F. The Kier molecular flexibility index (Phi) is 5.87. The minimum absolute atomic E-state index is 0.409. The third-order valence-corrected chi connectivity index (χ3v) is 7.96. The summed E-state index contributed by atoms with van der Waals surface area (Å²) in [5.41, 5.74) is 1.34. The van der Waals surface area contributed by atoms with Gasteiger partial charge in [0.25, 0.3) is 5.91 Å². The van der Waals surface area contributed by atoms with Crippen LogP contribution in [-0.2, 0) is 5.75 Å². The first-order chi connectivity index (χ1) is 16.6. The zero-order valence-corrected chi connectivity index (χ0v) is 20.7. The number of hydrogen-bond donors (Lipinski definition) is 1. The molecule has 0 bridgehead atoms. The third-order valence-electron chi connectivity index (χ3n) is 6.33. The van der Waals surface area contributed by atoms with Crippen LogP contribution in [0.1, 0.15) is 40.1 Å². The molecule has 0 saturated carbocycles. The number of rotatable bonds is 2. The summed E-state index contributed by atoms with van der Waals surface area (Å²) in [6, 6.07) is 11.7. The molecule has 2 atom stereocenters. The molecule has 1 amide bonds. The lowest BCUT2D eigenvalue weighted by molar-refractivity contribution is -0.173. The Balaban J connectivity index is 1.78. The van der Waals surface area contributed by atoms with Crippen molar-refractivity contribution in [3.8, 4) is 5.75 Å². The molecule has 2 aliphatic heterocycles. The van der Waals surface area contributed by atoms with Crippen LogP contribution >= 0.6 is 27.7 Å². The van der Waals surface area contributed by atoms with Crippen LogP contribution in [0.5, 0.6) is 5.75 Å². The molecule has 0 spiro atoms. The highest BCUT2D eigenvalue weighted by molar-refractivity contribution is 9.10. The van der Waals surface area contributed by atoms with Gasteiger partial charge in [0.05, 0.1) is 6.04 Å². The number of nitrogens with zero attached hydrogens (tertiary/aromatic N) is 3. The van der Waals surface area contributed by atoms with E-state index in [-0.39, 0.29) is 0 Å². The van der Waals surface area contributed by atoms with Crippen LogP contribution in [0.25, 0.3) is 0 Å². The Morgan fingerprint density at radius 2 is 1.86 bits per heavy atom. The molecular formula is C24H19BrF3N3O3S. The number of aromatic nitrogens is 1. The second kappa shape index (κ2) is 8.63. The van der Waals surface area contributed by atoms with Crippen LogP contribution in [0.4, 0.5) is 13.2 Å². The van der Waals surface area contributed by atoms with Crippen molar-refractivity contribution in [3.63, 3.8) is 0 Å². The van der Waals surface area contributed by atoms with E-state index in [4.69, 9.17) is 0 Å². The number of alkyl halides is 3. The monoisotopic (exact) mass is 565 g/mol. The molecule has 0 fully saturated rings. The first-order valence-electron chi connectivity index (χ1n) is 10.7. The minimum Gasteiger partial charge on any atom is -0.502 e. The van der Waals surface area contributed by atoms with E-state index in [0.29, 0.717) is 10.7 Å². The molecule has 0 radical (unpaired) electrons. The molecule has 35 heavy (non-hydrogen) atoms. The van der Waals surface area contributed by atoms with Gasteiger partial charge in [-0.15, -0.1) is 11.8 Å². The normalized spacial score (nSPS) is 18.4.